The second kappa shape index (κ2) is 6.55. The van der Waals surface area contributed by atoms with E-state index >= 15 is 0 Å². The third kappa shape index (κ3) is 3.42. The van der Waals surface area contributed by atoms with E-state index < -0.39 is 0 Å². The summed E-state index contributed by atoms with van der Waals surface area (Å²) in [6.07, 6.45) is 11.5. The normalized spacial score (nSPS) is 40.8. The van der Waals surface area contributed by atoms with Gasteiger partial charge in [-0.1, -0.05) is 0 Å². The number of halogens is 1. The molecule has 1 unspecified atom stereocenters. The van der Waals surface area contributed by atoms with E-state index in [1.54, 1.807) is 0 Å². The highest BCUT2D eigenvalue weighted by molar-refractivity contribution is 5.85. The Bertz CT molecular complexity index is 407. The number of piperidine rings is 1. The number of hydrogen-bond donors (Lipinski definition) is 1. The first-order valence-corrected chi connectivity index (χ1v) is 9.56. The molecule has 0 spiro atoms. The summed E-state index contributed by atoms with van der Waals surface area (Å²) in [6.45, 7) is 3.99. The van der Waals surface area contributed by atoms with Crippen molar-refractivity contribution in [2.45, 2.75) is 70.8 Å². The molecule has 132 valence electrons. The zero-order valence-electron chi connectivity index (χ0n) is 14.5. The minimum atomic E-state index is 0. The highest BCUT2D eigenvalue weighted by Gasteiger charge is 2.51. The summed E-state index contributed by atoms with van der Waals surface area (Å²) in [5, 5.41) is 0. The molecular weight excluding hydrogens is 308 g/mol. The van der Waals surface area contributed by atoms with Gasteiger partial charge in [-0.2, -0.15) is 0 Å². The van der Waals surface area contributed by atoms with Crippen LogP contribution < -0.4 is 5.73 Å². The second-order valence-corrected chi connectivity index (χ2v) is 9.17. The van der Waals surface area contributed by atoms with Gasteiger partial charge in [0.15, 0.2) is 0 Å². The van der Waals surface area contributed by atoms with Gasteiger partial charge in [-0.25, -0.2) is 0 Å². The van der Waals surface area contributed by atoms with Crippen molar-refractivity contribution in [2.75, 3.05) is 13.1 Å². The van der Waals surface area contributed by atoms with Gasteiger partial charge in [0.05, 0.1) is 0 Å². The maximum atomic E-state index is 12.9. The Hall–Kier alpha value is -0.280. The van der Waals surface area contributed by atoms with Gasteiger partial charge in [0.1, 0.15) is 0 Å². The molecular formula is C19H33ClN2O. The molecule has 4 heteroatoms. The number of nitrogens with zero attached hydrogens (tertiary/aromatic N) is 1. The predicted molar refractivity (Wildman–Crippen MR) is 95.4 cm³/mol. The summed E-state index contributed by atoms with van der Waals surface area (Å²) in [5.41, 5.74) is 6.41. The van der Waals surface area contributed by atoms with Crippen LogP contribution in [0.3, 0.4) is 0 Å². The third-order valence-electron chi connectivity index (χ3n) is 7.33. The molecule has 0 aromatic carbocycles. The lowest BCUT2D eigenvalue weighted by Gasteiger charge is -2.57. The number of amides is 1. The van der Waals surface area contributed by atoms with Crippen LogP contribution in [-0.2, 0) is 4.79 Å². The molecule has 4 bridgehead atoms. The topological polar surface area (TPSA) is 46.3 Å². The zero-order chi connectivity index (χ0) is 15.3. The molecule has 5 fully saturated rings. The average Bonchev–Trinajstić information content (AvgIpc) is 2.45. The van der Waals surface area contributed by atoms with Crippen molar-refractivity contribution in [3.63, 3.8) is 0 Å². The number of rotatable bonds is 3. The van der Waals surface area contributed by atoms with E-state index in [4.69, 9.17) is 5.73 Å². The van der Waals surface area contributed by atoms with Crippen LogP contribution >= 0.6 is 12.4 Å². The maximum Gasteiger partial charge on any atom is 0.223 e. The molecule has 2 N–H and O–H groups in total. The summed E-state index contributed by atoms with van der Waals surface area (Å²) in [4.78, 5) is 15.0. The van der Waals surface area contributed by atoms with Crippen molar-refractivity contribution in [3.05, 3.63) is 0 Å². The van der Waals surface area contributed by atoms with Gasteiger partial charge in [0, 0.05) is 25.6 Å². The molecule has 0 aromatic rings. The largest absolute Gasteiger partial charge is 0.343 e. The SMILES string of the molecule is CC(N)C1CCN(C(=O)CC23CC4CC(CC(C4)C2)C3)CC1.Cl. The molecule has 1 amide bonds. The lowest BCUT2D eigenvalue weighted by Crippen LogP contribution is -2.49. The Morgan fingerprint density at radius 3 is 2.00 bits per heavy atom. The van der Waals surface area contributed by atoms with Gasteiger partial charge in [-0.05, 0) is 87.4 Å². The molecule has 0 aromatic heterocycles. The second-order valence-electron chi connectivity index (χ2n) is 9.17. The zero-order valence-corrected chi connectivity index (χ0v) is 15.3. The molecule has 1 aliphatic heterocycles. The van der Waals surface area contributed by atoms with Gasteiger partial charge < -0.3 is 10.6 Å². The Balaban J connectivity index is 0.00000156. The third-order valence-corrected chi connectivity index (χ3v) is 7.33. The van der Waals surface area contributed by atoms with E-state index in [-0.39, 0.29) is 18.4 Å². The number of carbonyl (C=O) groups excluding carboxylic acids is 1. The van der Waals surface area contributed by atoms with Crippen LogP contribution in [0.2, 0.25) is 0 Å². The van der Waals surface area contributed by atoms with E-state index in [1.165, 1.54) is 38.5 Å². The van der Waals surface area contributed by atoms with Gasteiger partial charge in [-0.15, -0.1) is 12.4 Å². The highest BCUT2D eigenvalue weighted by atomic mass is 35.5. The van der Waals surface area contributed by atoms with E-state index in [9.17, 15) is 4.79 Å². The number of nitrogens with two attached hydrogens (primary N) is 1. The molecule has 4 aliphatic carbocycles. The first-order valence-electron chi connectivity index (χ1n) is 9.56. The van der Waals surface area contributed by atoms with Crippen molar-refractivity contribution < 1.29 is 4.79 Å². The molecule has 3 nitrogen and oxygen atoms in total. The summed E-state index contributed by atoms with van der Waals surface area (Å²) in [6, 6.07) is 0.278. The molecule has 1 atom stereocenters. The van der Waals surface area contributed by atoms with Crippen LogP contribution in [0.25, 0.3) is 0 Å². The lowest BCUT2D eigenvalue weighted by molar-refractivity contribution is -0.141. The Morgan fingerprint density at radius 2 is 1.57 bits per heavy atom. The Kier molecular flexibility index (Phi) is 5.00. The maximum absolute atomic E-state index is 12.9. The van der Waals surface area contributed by atoms with Gasteiger partial charge in [-0.3, -0.25) is 4.79 Å². The molecule has 5 aliphatic rings. The summed E-state index contributed by atoms with van der Waals surface area (Å²) in [7, 11) is 0. The van der Waals surface area contributed by atoms with E-state index in [0.29, 0.717) is 17.2 Å². The van der Waals surface area contributed by atoms with E-state index in [2.05, 4.69) is 11.8 Å². The van der Waals surface area contributed by atoms with Crippen molar-refractivity contribution in [1.29, 1.82) is 0 Å². The summed E-state index contributed by atoms with van der Waals surface area (Å²) < 4.78 is 0. The fourth-order valence-electron chi connectivity index (χ4n) is 6.61. The molecule has 1 heterocycles. The van der Waals surface area contributed by atoms with E-state index in [1.807, 2.05) is 0 Å². The molecule has 23 heavy (non-hydrogen) atoms. The van der Waals surface area contributed by atoms with Crippen LogP contribution in [0.15, 0.2) is 0 Å². The number of carbonyl (C=O) groups is 1. The first kappa shape index (κ1) is 17.5. The number of likely N-dealkylation sites (tertiary alicyclic amines) is 1. The molecule has 0 radical (unpaired) electrons. The minimum absolute atomic E-state index is 0. The molecule has 4 saturated carbocycles. The van der Waals surface area contributed by atoms with Crippen LogP contribution in [-0.4, -0.2) is 29.9 Å². The van der Waals surface area contributed by atoms with Gasteiger partial charge in [0.25, 0.3) is 0 Å². The van der Waals surface area contributed by atoms with Crippen molar-refractivity contribution in [3.8, 4) is 0 Å². The van der Waals surface area contributed by atoms with Crippen LogP contribution in [0.1, 0.15) is 64.7 Å². The summed E-state index contributed by atoms with van der Waals surface area (Å²) in [5.74, 6) is 3.90. The molecule has 5 rings (SSSR count). The summed E-state index contributed by atoms with van der Waals surface area (Å²) >= 11 is 0. The fraction of sp³-hybridized carbons (Fsp3) is 0.947. The Labute approximate surface area is 147 Å². The lowest BCUT2D eigenvalue weighted by atomic mass is 9.49. The number of hydrogen-bond acceptors (Lipinski definition) is 2. The van der Waals surface area contributed by atoms with Crippen LogP contribution in [0.4, 0.5) is 0 Å². The first-order chi connectivity index (χ1) is 10.5. The highest BCUT2D eigenvalue weighted by Crippen LogP contribution is 2.61. The predicted octanol–water partition coefficient (Wildman–Crippen LogP) is 3.60. The van der Waals surface area contributed by atoms with Gasteiger partial charge >= 0.3 is 0 Å². The van der Waals surface area contributed by atoms with Crippen molar-refractivity contribution in [1.82, 2.24) is 4.90 Å². The quantitative estimate of drug-likeness (QED) is 0.853. The van der Waals surface area contributed by atoms with Crippen LogP contribution in [0, 0.1) is 29.1 Å². The van der Waals surface area contributed by atoms with Crippen LogP contribution in [0.5, 0.6) is 0 Å². The smallest absolute Gasteiger partial charge is 0.223 e. The van der Waals surface area contributed by atoms with E-state index in [0.717, 1.165) is 50.1 Å². The minimum Gasteiger partial charge on any atom is -0.343 e. The van der Waals surface area contributed by atoms with Crippen molar-refractivity contribution in [2.24, 2.45) is 34.8 Å². The monoisotopic (exact) mass is 340 g/mol. The van der Waals surface area contributed by atoms with Crippen molar-refractivity contribution >= 4 is 18.3 Å². The fourth-order valence-corrected chi connectivity index (χ4v) is 6.61. The Morgan fingerprint density at radius 1 is 1.09 bits per heavy atom. The average molecular weight is 341 g/mol. The molecule has 1 saturated heterocycles. The van der Waals surface area contributed by atoms with Gasteiger partial charge in [0.2, 0.25) is 5.91 Å². The standard InChI is InChI=1S/C19H32N2O.ClH/c1-13(20)17-2-4-21(5-3-17)18(22)12-19-9-14-6-15(10-19)8-16(7-14)11-19;/h13-17H,2-12,20H2,1H3;1H.